The molecule has 1 aromatic heterocycles. The van der Waals surface area contributed by atoms with Gasteiger partial charge in [-0.15, -0.1) is 11.3 Å². The Morgan fingerprint density at radius 1 is 0.975 bits per heavy atom. The van der Waals surface area contributed by atoms with E-state index in [-0.39, 0.29) is 5.56 Å². The van der Waals surface area contributed by atoms with E-state index < -0.39 is 16.1 Å². The summed E-state index contributed by atoms with van der Waals surface area (Å²) in [6, 6.07) is 23.9. The van der Waals surface area contributed by atoms with E-state index in [0.29, 0.717) is 0 Å². The number of hydrogen-bond acceptors (Lipinski definition) is 8. The lowest BCUT2D eigenvalue weighted by Gasteiger charge is -2.22. The smallest absolute Gasteiger partial charge is 0.353 e. The van der Waals surface area contributed by atoms with Crippen molar-refractivity contribution < 1.29 is 17.4 Å². The van der Waals surface area contributed by atoms with Crippen LogP contribution < -0.4 is 10.2 Å². The Balaban J connectivity index is 1.17. The van der Waals surface area contributed by atoms with E-state index in [1.165, 1.54) is 66.7 Å². The largest absolute Gasteiger partial charge is 0.381 e. The zero-order chi connectivity index (χ0) is 28.1. The van der Waals surface area contributed by atoms with Crippen LogP contribution in [0.4, 0.5) is 16.5 Å². The molecule has 3 aromatic carbocycles. The summed E-state index contributed by atoms with van der Waals surface area (Å²) in [5, 5.41) is 6.32. The first kappa shape index (κ1) is 27.9. The molecule has 1 aliphatic rings. The molecular weight excluding hydrogens is 542 g/mol. The molecule has 4 aromatic rings. The minimum atomic E-state index is -3.86. The van der Waals surface area contributed by atoms with Crippen LogP contribution in [0.5, 0.6) is 0 Å². The molecule has 5 rings (SSSR count). The van der Waals surface area contributed by atoms with Crippen molar-refractivity contribution in [3.8, 4) is 11.3 Å². The second kappa shape index (κ2) is 12.2. The van der Waals surface area contributed by atoms with Crippen molar-refractivity contribution >= 4 is 43.9 Å². The molecule has 208 valence electrons. The first-order chi connectivity index (χ1) is 19.2. The molecule has 7 nitrogen and oxygen atoms in total. The lowest BCUT2D eigenvalue weighted by molar-refractivity contribution is 0.0748. The zero-order valence-electron chi connectivity index (χ0n) is 22.7. The highest BCUT2D eigenvalue weighted by Crippen LogP contribution is 2.33. The summed E-state index contributed by atoms with van der Waals surface area (Å²) in [6.07, 6.45) is 7.57. The number of hydrogen-bond donors (Lipinski definition) is 1. The van der Waals surface area contributed by atoms with Crippen molar-refractivity contribution in [2.24, 2.45) is 0 Å². The van der Waals surface area contributed by atoms with E-state index in [0.717, 1.165) is 46.5 Å². The molecule has 0 radical (unpaired) electrons. The van der Waals surface area contributed by atoms with E-state index in [2.05, 4.69) is 58.0 Å². The third-order valence-electron chi connectivity index (χ3n) is 7.23. The van der Waals surface area contributed by atoms with Gasteiger partial charge in [0.1, 0.15) is 0 Å². The van der Waals surface area contributed by atoms with Gasteiger partial charge < -0.3 is 14.4 Å². The lowest BCUT2D eigenvalue weighted by atomic mass is 9.84. The summed E-state index contributed by atoms with van der Waals surface area (Å²) >= 11 is 1.52. The second-order valence-electron chi connectivity index (χ2n) is 10.2. The summed E-state index contributed by atoms with van der Waals surface area (Å²) in [7, 11) is -1.97. The van der Waals surface area contributed by atoms with Crippen LogP contribution in [0.1, 0.15) is 59.5 Å². The molecule has 0 saturated heterocycles. The molecule has 40 heavy (non-hydrogen) atoms. The number of thiazole rings is 1. The second-order valence-corrected chi connectivity index (χ2v) is 12.6. The number of nitrogens with one attached hydrogen (secondary N) is 1. The third kappa shape index (κ3) is 7.08. The molecule has 0 atom stereocenters. The summed E-state index contributed by atoms with van der Waals surface area (Å²) < 4.78 is 26.8. The summed E-state index contributed by atoms with van der Waals surface area (Å²) in [6.45, 7) is 0.778. The van der Waals surface area contributed by atoms with Crippen LogP contribution in [0.2, 0.25) is 0 Å². The highest BCUT2D eigenvalue weighted by Gasteiger charge is 2.16. The van der Waals surface area contributed by atoms with Crippen LogP contribution in [-0.2, 0) is 20.8 Å². The molecule has 0 unspecified atom stereocenters. The van der Waals surface area contributed by atoms with Gasteiger partial charge in [-0.1, -0.05) is 55.7 Å². The lowest BCUT2D eigenvalue weighted by Crippen LogP contribution is -2.12. The summed E-state index contributed by atoms with van der Waals surface area (Å²) in [5.41, 5.74) is 6.68. The van der Waals surface area contributed by atoms with E-state index in [9.17, 15) is 13.2 Å². The van der Waals surface area contributed by atoms with Gasteiger partial charge in [0, 0.05) is 35.9 Å². The third-order valence-corrected chi connectivity index (χ3v) is 8.60. The van der Waals surface area contributed by atoms with E-state index in [1.54, 1.807) is 12.1 Å². The van der Waals surface area contributed by atoms with Crippen molar-refractivity contribution in [2.45, 2.75) is 44.6 Å². The minimum Gasteiger partial charge on any atom is -0.381 e. The first-order valence-corrected chi connectivity index (χ1v) is 16.1. The van der Waals surface area contributed by atoms with Crippen molar-refractivity contribution in [1.29, 1.82) is 0 Å². The fraction of sp³-hybridized carbons (Fsp3) is 0.290. The number of carbonyl (C=O) groups is 1. The molecule has 0 aliphatic heterocycles. The standard InChI is InChI=1S/C31H33N3O4S2/c1-34(28-18-14-26(15-19-28)30(35)38-40(2,36)37)31-33-29(21-39-31)25-12-16-27(17-13-25)32-20-22-8-10-24(11-9-22)23-6-4-3-5-7-23/h8-19,21,23,32H,3-7,20H2,1-2H3. The Bertz CT molecular complexity index is 1540. The van der Waals surface area contributed by atoms with Gasteiger partial charge in [0.15, 0.2) is 5.13 Å². The van der Waals surface area contributed by atoms with Crippen LogP contribution in [0.25, 0.3) is 11.3 Å². The normalized spacial score (nSPS) is 14.1. The van der Waals surface area contributed by atoms with Gasteiger partial charge in [-0.05, 0) is 66.3 Å². The van der Waals surface area contributed by atoms with Gasteiger partial charge in [0.05, 0.1) is 17.5 Å². The van der Waals surface area contributed by atoms with E-state index in [4.69, 9.17) is 4.98 Å². The fourth-order valence-electron chi connectivity index (χ4n) is 4.97. The molecule has 1 saturated carbocycles. The Kier molecular flexibility index (Phi) is 8.52. The monoisotopic (exact) mass is 575 g/mol. The average Bonchev–Trinajstić information content (AvgIpc) is 3.46. The molecular formula is C31H33N3O4S2. The van der Waals surface area contributed by atoms with Gasteiger partial charge in [-0.3, -0.25) is 0 Å². The van der Waals surface area contributed by atoms with Gasteiger partial charge in [0.2, 0.25) is 0 Å². The number of rotatable bonds is 9. The average molecular weight is 576 g/mol. The van der Waals surface area contributed by atoms with Gasteiger partial charge in [-0.25, -0.2) is 9.78 Å². The maximum absolute atomic E-state index is 11.9. The molecule has 1 N–H and O–H groups in total. The van der Waals surface area contributed by atoms with Crippen LogP contribution in [0.3, 0.4) is 0 Å². The minimum absolute atomic E-state index is 0.160. The van der Waals surface area contributed by atoms with Gasteiger partial charge >= 0.3 is 16.1 Å². The van der Waals surface area contributed by atoms with Gasteiger partial charge in [0.25, 0.3) is 0 Å². The van der Waals surface area contributed by atoms with Crippen LogP contribution >= 0.6 is 11.3 Å². The fourth-order valence-corrected chi connectivity index (χ4v) is 6.17. The van der Waals surface area contributed by atoms with Gasteiger partial charge in [-0.2, -0.15) is 8.42 Å². The Morgan fingerprint density at radius 3 is 2.30 bits per heavy atom. The Labute approximate surface area is 240 Å². The maximum atomic E-state index is 11.9. The highest BCUT2D eigenvalue weighted by atomic mass is 32.2. The number of anilines is 3. The maximum Gasteiger partial charge on any atom is 0.353 e. The molecule has 0 amide bonds. The zero-order valence-corrected chi connectivity index (χ0v) is 24.3. The molecule has 1 heterocycles. The molecule has 9 heteroatoms. The highest BCUT2D eigenvalue weighted by molar-refractivity contribution is 7.86. The summed E-state index contributed by atoms with van der Waals surface area (Å²) in [5.74, 6) is -0.173. The topological polar surface area (TPSA) is 88.6 Å². The molecule has 1 fully saturated rings. The number of nitrogens with zero attached hydrogens (tertiary/aromatic N) is 2. The predicted molar refractivity (Wildman–Crippen MR) is 162 cm³/mol. The summed E-state index contributed by atoms with van der Waals surface area (Å²) in [4.78, 5) is 18.6. The predicted octanol–water partition coefficient (Wildman–Crippen LogP) is 7.35. The number of aromatic nitrogens is 1. The SMILES string of the molecule is CN(c1ccc(C(=O)OS(C)(=O)=O)cc1)c1nc(-c2ccc(NCc3ccc(C4CCCCC4)cc3)cc2)cs1. The van der Waals surface area contributed by atoms with E-state index in [1.807, 2.05) is 17.3 Å². The van der Waals surface area contributed by atoms with Crippen molar-refractivity contribution in [1.82, 2.24) is 4.98 Å². The van der Waals surface area contributed by atoms with Crippen LogP contribution in [0, 0.1) is 0 Å². The Morgan fingerprint density at radius 2 is 1.65 bits per heavy atom. The first-order valence-electron chi connectivity index (χ1n) is 13.4. The molecule has 1 aliphatic carbocycles. The Hall–Kier alpha value is -3.69. The molecule has 0 spiro atoms. The van der Waals surface area contributed by atoms with Crippen LogP contribution in [0.15, 0.2) is 78.2 Å². The van der Waals surface area contributed by atoms with Crippen molar-refractivity contribution in [2.75, 3.05) is 23.5 Å². The molecule has 0 bridgehead atoms. The number of benzene rings is 3. The van der Waals surface area contributed by atoms with E-state index >= 15 is 0 Å². The van der Waals surface area contributed by atoms with Crippen molar-refractivity contribution in [3.05, 3.63) is 94.9 Å². The van der Waals surface area contributed by atoms with Crippen molar-refractivity contribution in [3.63, 3.8) is 0 Å². The quantitative estimate of drug-likeness (QED) is 0.209. The van der Waals surface area contributed by atoms with Crippen LogP contribution in [-0.4, -0.2) is 32.7 Å². The number of carbonyl (C=O) groups excluding carboxylic acids is 1.